The van der Waals surface area contributed by atoms with Crippen molar-refractivity contribution in [3.63, 3.8) is 0 Å². The van der Waals surface area contributed by atoms with Crippen LogP contribution in [-0.4, -0.2) is 22.6 Å². The molecule has 0 saturated carbocycles. The van der Waals surface area contributed by atoms with E-state index in [1.807, 2.05) is 11.4 Å². The van der Waals surface area contributed by atoms with Crippen molar-refractivity contribution in [2.45, 2.75) is 25.8 Å². The normalized spacial score (nSPS) is 17.3. The molecule has 0 radical (unpaired) electrons. The standard InChI is InChI=1S/C13H17N3OS/c17-13-12-11(4-8-18-12)15-9-16(13)7-3-10-1-5-14-6-2-10/h4,8-10,14H,1-3,5-7H2. The number of hydrogen-bond donors (Lipinski definition) is 1. The predicted octanol–water partition coefficient (Wildman–Crippen LogP) is 1.85. The van der Waals surface area contributed by atoms with Crippen molar-refractivity contribution in [3.8, 4) is 0 Å². The van der Waals surface area contributed by atoms with Crippen LogP contribution in [0.1, 0.15) is 19.3 Å². The van der Waals surface area contributed by atoms with Gasteiger partial charge in [0.25, 0.3) is 5.56 Å². The lowest BCUT2D eigenvalue weighted by atomic mass is 9.95. The zero-order valence-electron chi connectivity index (χ0n) is 10.3. The highest BCUT2D eigenvalue weighted by atomic mass is 32.1. The van der Waals surface area contributed by atoms with Gasteiger partial charge in [0.2, 0.25) is 0 Å². The summed E-state index contributed by atoms with van der Waals surface area (Å²) in [5.41, 5.74) is 0.937. The third-order valence-electron chi connectivity index (χ3n) is 3.67. The van der Waals surface area contributed by atoms with E-state index < -0.39 is 0 Å². The Hall–Kier alpha value is -1.20. The first-order valence-electron chi connectivity index (χ1n) is 6.48. The molecule has 0 bridgehead atoms. The molecule has 0 amide bonds. The minimum atomic E-state index is 0.115. The third kappa shape index (κ3) is 2.33. The van der Waals surface area contributed by atoms with E-state index in [2.05, 4.69) is 10.3 Å². The van der Waals surface area contributed by atoms with Gasteiger partial charge >= 0.3 is 0 Å². The first kappa shape index (κ1) is 11.9. The number of nitrogens with zero attached hydrogens (tertiary/aromatic N) is 2. The van der Waals surface area contributed by atoms with Gasteiger partial charge in [0.05, 0.1) is 11.8 Å². The molecule has 0 aromatic carbocycles. The molecule has 1 fully saturated rings. The summed E-state index contributed by atoms with van der Waals surface area (Å²) in [6.45, 7) is 3.02. The van der Waals surface area contributed by atoms with Crippen LogP contribution in [0.15, 0.2) is 22.6 Å². The minimum absolute atomic E-state index is 0.115. The quantitative estimate of drug-likeness (QED) is 0.919. The lowest BCUT2D eigenvalue weighted by molar-refractivity contribution is 0.336. The van der Waals surface area contributed by atoms with E-state index in [0.29, 0.717) is 0 Å². The van der Waals surface area contributed by atoms with Crippen LogP contribution in [0.2, 0.25) is 0 Å². The molecule has 2 aromatic heterocycles. The minimum Gasteiger partial charge on any atom is -0.317 e. The maximum atomic E-state index is 12.2. The Bertz CT molecular complexity index is 583. The summed E-state index contributed by atoms with van der Waals surface area (Å²) in [6.07, 6.45) is 5.23. The van der Waals surface area contributed by atoms with Crippen molar-refractivity contribution < 1.29 is 0 Å². The fraction of sp³-hybridized carbons (Fsp3) is 0.538. The average molecular weight is 263 g/mol. The van der Waals surface area contributed by atoms with Gasteiger partial charge in [0, 0.05) is 6.54 Å². The molecule has 3 rings (SSSR count). The number of rotatable bonds is 3. The van der Waals surface area contributed by atoms with Gasteiger partial charge in [0.1, 0.15) is 4.70 Å². The summed E-state index contributed by atoms with van der Waals surface area (Å²) >= 11 is 1.48. The first-order valence-corrected chi connectivity index (χ1v) is 7.36. The molecule has 96 valence electrons. The van der Waals surface area contributed by atoms with E-state index in [0.717, 1.165) is 42.2 Å². The number of aryl methyl sites for hydroxylation is 1. The Morgan fingerprint density at radius 1 is 1.44 bits per heavy atom. The van der Waals surface area contributed by atoms with Gasteiger partial charge in [0.15, 0.2) is 0 Å². The van der Waals surface area contributed by atoms with Gasteiger partial charge < -0.3 is 5.32 Å². The molecule has 0 unspecified atom stereocenters. The molecule has 1 aliphatic heterocycles. The van der Waals surface area contributed by atoms with Crippen molar-refractivity contribution in [2.75, 3.05) is 13.1 Å². The Morgan fingerprint density at radius 3 is 3.11 bits per heavy atom. The summed E-state index contributed by atoms with van der Waals surface area (Å²) in [5.74, 6) is 0.747. The lowest BCUT2D eigenvalue weighted by Crippen LogP contribution is -2.29. The van der Waals surface area contributed by atoms with Crippen molar-refractivity contribution in [1.29, 1.82) is 0 Å². The molecular formula is C13H17N3OS. The third-order valence-corrected chi connectivity index (χ3v) is 4.56. The highest BCUT2D eigenvalue weighted by Gasteiger charge is 2.13. The summed E-state index contributed by atoms with van der Waals surface area (Å²) < 4.78 is 2.55. The van der Waals surface area contributed by atoms with Crippen molar-refractivity contribution in [2.24, 2.45) is 5.92 Å². The lowest BCUT2D eigenvalue weighted by Gasteiger charge is -2.22. The van der Waals surface area contributed by atoms with Crippen molar-refractivity contribution >= 4 is 21.6 Å². The van der Waals surface area contributed by atoms with Crippen LogP contribution in [0.3, 0.4) is 0 Å². The van der Waals surface area contributed by atoms with Crippen LogP contribution >= 0.6 is 11.3 Å². The second kappa shape index (κ2) is 5.20. The summed E-state index contributed by atoms with van der Waals surface area (Å²) in [5, 5.41) is 5.29. The van der Waals surface area contributed by atoms with Gasteiger partial charge in [-0.1, -0.05) is 0 Å². The summed E-state index contributed by atoms with van der Waals surface area (Å²) in [6, 6.07) is 1.90. The molecule has 1 N–H and O–H groups in total. The topological polar surface area (TPSA) is 46.9 Å². The van der Waals surface area contributed by atoms with Crippen LogP contribution in [0.5, 0.6) is 0 Å². The maximum absolute atomic E-state index is 12.2. The number of piperidine rings is 1. The fourth-order valence-electron chi connectivity index (χ4n) is 2.53. The molecule has 4 nitrogen and oxygen atoms in total. The Labute approximate surface area is 110 Å². The summed E-state index contributed by atoms with van der Waals surface area (Å²) in [4.78, 5) is 16.5. The maximum Gasteiger partial charge on any atom is 0.271 e. The van der Waals surface area contributed by atoms with Crippen molar-refractivity contribution in [1.82, 2.24) is 14.9 Å². The molecule has 2 aromatic rings. The zero-order valence-corrected chi connectivity index (χ0v) is 11.1. The zero-order chi connectivity index (χ0) is 12.4. The van der Waals surface area contributed by atoms with Gasteiger partial charge in [-0.2, -0.15) is 0 Å². The first-order chi connectivity index (χ1) is 8.84. The van der Waals surface area contributed by atoms with E-state index >= 15 is 0 Å². The van der Waals surface area contributed by atoms with Crippen LogP contribution in [-0.2, 0) is 6.54 Å². The molecule has 0 atom stereocenters. The molecule has 0 aliphatic carbocycles. The van der Waals surface area contributed by atoms with Crippen LogP contribution in [0, 0.1) is 5.92 Å². The van der Waals surface area contributed by atoms with E-state index in [-0.39, 0.29) is 5.56 Å². The monoisotopic (exact) mass is 263 g/mol. The highest BCUT2D eigenvalue weighted by Crippen LogP contribution is 2.17. The highest BCUT2D eigenvalue weighted by molar-refractivity contribution is 7.17. The van der Waals surface area contributed by atoms with E-state index in [1.54, 1.807) is 10.9 Å². The van der Waals surface area contributed by atoms with Crippen LogP contribution in [0.4, 0.5) is 0 Å². The number of nitrogens with one attached hydrogen (secondary N) is 1. The fourth-order valence-corrected chi connectivity index (χ4v) is 3.32. The Kier molecular flexibility index (Phi) is 3.43. The second-order valence-electron chi connectivity index (χ2n) is 4.86. The number of hydrogen-bond acceptors (Lipinski definition) is 4. The number of aromatic nitrogens is 2. The second-order valence-corrected chi connectivity index (χ2v) is 5.78. The summed E-state index contributed by atoms with van der Waals surface area (Å²) in [7, 11) is 0. The van der Waals surface area contributed by atoms with Gasteiger partial charge in [-0.3, -0.25) is 9.36 Å². The van der Waals surface area contributed by atoms with Crippen LogP contribution < -0.4 is 10.9 Å². The molecule has 5 heteroatoms. The molecule has 1 saturated heterocycles. The SMILES string of the molecule is O=c1c2sccc2ncn1CCC1CCNCC1. The predicted molar refractivity (Wildman–Crippen MR) is 74.1 cm³/mol. The van der Waals surface area contributed by atoms with E-state index in [9.17, 15) is 4.79 Å². The largest absolute Gasteiger partial charge is 0.317 e. The van der Waals surface area contributed by atoms with Crippen molar-refractivity contribution in [3.05, 3.63) is 28.1 Å². The van der Waals surface area contributed by atoms with Gasteiger partial charge in [-0.05, 0) is 49.7 Å². The van der Waals surface area contributed by atoms with Gasteiger partial charge in [-0.15, -0.1) is 11.3 Å². The Morgan fingerprint density at radius 2 is 2.28 bits per heavy atom. The smallest absolute Gasteiger partial charge is 0.271 e. The van der Waals surface area contributed by atoms with E-state index in [4.69, 9.17) is 0 Å². The molecule has 0 spiro atoms. The molecule has 3 heterocycles. The average Bonchev–Trinajstić information content (AvgIpc) is 2.88. The number of thiophene rings is 1. The molecular weight excluding hydrogens is 246 g/mol. The number of fused-ring (bicyclic) bond motifs is 1. The molecule has 1 aliphatic rings. The van der Waals surface area contributed by atoms with Crippen LogP contribution in [0.25, 0.3) is 10.2 Å². The Balaban J connectivity index is 1.74. The van der Waals surface area contributed by atoms with Gasteiger partial charge in [-0.25, -0.2) is 4.98 Å². The molecule has 18 heavy (non-hydrogen) atoms. The van der Waals surface area contributed by atoms with E-state index in [1.165, 1.54) is 24.2 Å².